The fraction of sp³-hybridized carbons (Fsp3) is 0.190. The summed E-state index contributed by atoms with van der Waals surface area (Å²) in [5, 5.41) is 4.85. The number of halogens is 1. The average Bonchev–Trinajstić information content (AvgIpc) is 3.37. The summed E-state index contributed by atoms with van der Waals surface area (Å²) in [5.41, 5.74) is 5.20. The van der Waals surface area contributed by atoms with E-state index in [2.05, 4.69) is 10.1 Å². The van der Waals surface area contributed by atoms with Crippen molar-refractivity contribution in [1.82, 2.24) is 19.7 Å². The van der Waals surface area contributed by atoms with E-state index in [4.69, 9.17) is 16.0 Å². The van der Waals surface area contributed by atoms with Crippen LogP contribution in [0.25, 0.3) is 11.1 Å². The van der Waals surface area contributed by atoms with Gasteiger partial charge in [0.15, 0.2) is 12.0 Å². The number of carbonyl (C=O) groups excluding carboxylic acids is 1. The summed E-state index contributed by atoms with van der Waals surface area (Å²) >= 11 is 6.34. The van der Waals surface area contributed by atoms with E-state index in [1.165, 1.54) is 6.39 Å². The number of rotatable bonds is 4. The summed E-state index contributed by atoms with van der Waals surface area (Å²) in [6.45, 7) is 0.483. The number of aromatic nitrogens is 3. The van der Waals surface area contributed by atoms with Gasteiger partial charge in [-0.2, -0.15) is 5.10 Å². The van der Waals surface area contributed by atoms with Crippen molar-refractivity contribution < 1.29 is 9.21 Å². The molecule has 4 aromatic rings. The van der Waals surface area contributed by atoms with Crippen LogP contribution >= 0.6 is 11.6 Å². The van der Waals surface area contributed by atoms with Crippen LogP contribution in [-0.2, 0) is 20.0 Å². The van der Waals surface area contributed by atoms with Gasteiger partial charge in [-0.05, 0) is 29.3 Å². The fourth-order valence-electron chi connectivity index (χ4n) is 3.90. The molecule has 1 aliphatic rings. The Bertz CT molecular complexity index is 1180. The summed E-state index contributed by atoms with van der Waals surface area (Å²) in [7, 11) is 1.87. The minimum Gasteiger partial charge on any atom is -0.443 e. The smallest absolute Gasteiger partial charge is 0.255 e. The largest absolute Gasteiger partial charge is 0.443 e. The average molecular weight is 393 g/mol. The number of oxazole rings is 1. The second-order valence-corrected chi connectivity index (χ2v) is 7.36. The number of hydrogen-bond acceptors (Lipinski definition) is 4. The number of amides is 1. The lowest BCUT2D eigenvalue weighted by Crippen LogP contribution is -2.29. The zero-order valence-electron chi connectivity index (χ0n) is 15.2. The molecule has 0 fully saturated rings. The number of fused-ring (bicyclic) bond motifs is 2. The quantitative estimate of drug-likeness (QED) is 0.523. The predicted octanol–water partition coefficient (Wildman–Crippen LogP) is 4.15. The van der Waals surface area contributed by atoms with Crippen LogP contribution in [0.15, 0.2) is 59.5 Å². The maximum absolute atomic E-state index is 13.2. The van der Waals surface area contributed by atoms with Gasteiger partial charge in [-0.3, -0.25) is 9.48 Å². The molecule has 0 N–H and O–H groups in total. The van der Waals surface area contributed by atoms with E-state index in [1.54, 1.807) is 10.9 Å². The Hall–Kier alpha value is -3.12. The van der Waals surface area contributed by atoms with Crippen LogP contribution in [0.4, 0.5) is 0 Å². The zero-order valence-corrected chi connectivity index (χ0v) is 15.9. The minimum absolute atomic E-state index is 0.0270. The Kier molecular flexibility index (Phi) is 3.94. The Labute approximate surface area is 166 Å². The Morgan fingerprint density at radius 3 is 2.89 bits per heavy atom. The monoisotopic (exact) mass is 392 g/mol. The lowest BCUT2D eigenvalue weighted by Gasteiger charge is -2.26. The summed E-state index contributed by atoms with van der Waals surface area (Å²) in [5.74, 6) is 0.0270. The molecule has 0 saturated heterocycles. The zero-order chi connectivity index (χ0) is 19.3. The van der Waals surface area contributed by atoms with Crippen molar-refractivity contribution in [3.05, 3.63) is 82.5 Å². The van der Waals surface area contributed by atoms with Crippen LogP contribution in [-0.4, -0.2) is 25.6 Å². The molecule has 0 aliphatic carbocycles. The van der Waals surface area contributed by atoms with E-state index in [0.29, 0.717) is 18.0 Å². The number of benzene rings is 2. The molecule has 1 aliphatic heterocycles. The normalized spacial score (nSPS) is 16.1. The van der Waals surface area contributed by atoms with Crippen LogP contribution in [0, 0.1) is 0 Å². The molecule has 2 aromatic heterocycles. The van der Waals surface area contributed by atoms with Gasteiger partial charge in [0.05, 0.1) is 23.0 Å². The van der Waals surface area contributed by atoms with Gasteiger partial charge in [0.25, 0.3) is 5.91 Å². The molecule has 2 aromatic carbocycles. The molecular weight excluding hydrogens is 376 g/mol. The van der Waals surface area contributed by atoms with Gasteiger partial charge < -0.3 is 9.32 Å². The molecule has 140 valence electrons. The van der Waals surface area contributed by atoms with Gasteiger partial charge in [-0.1, -0.05) is 35.9 Å². The first-order valence-corrected chi connectivity index (χ1v) is 9.38. The highest BCUT2D eigenvalue weighted by atomic mass is 35.5. The molecule has 0 bridgehead atoms. The third-order valence-electron chi connectivity index (χ3n) is 5.33. The van der Waals surface area contributed by atoms with Gasteiger partial charge >= 0.3 is 0 Å². The molecule has 7 heteroatoms. The van der Waals surface area contributed by atoms with Crippen LogP contribution in [0.2, 0.25) is 5.02 Å². The Morgan fingerprint density at radius 1 is 1.21 bits per heavy atom. The van der Waals surface area contributed by atoms with Crippen LogP contribution in [0.3, 0.4) is 0 Å². The van der Waals surface area contributed by atoms with E-state index >= 15 is 0 Å². The lowest BCUT2D eigenvalue weighted by atomic mass is 10.0. The molecule has 1 atom stereocenters. The second-order valence-electron chi connectivity index (χ2n) is 6.96. The molecule has 0 spiro atoms. The van der Waals surface area contributed by atoms with Crippen molar-refractivity contribution in [2.75, 3.05) is 0 Å². The predicted molar refractivity (Wildman–Crippen MR) is 105 cm³/mol. The van der Waals surface area contributed by atoms with Crippen molar-refractivity contribution in [3.63, 3.8) is 0 Å². The van der Waals surface area contributed by atoms with E-state index in [0.717, 1.165) is 33.5 Å². The fourth-order valence-corrected chi connectivity index (χ4v) is 4.14. The van der Waals surface area contributed by atoms with Crippen LogP contribution < -0.4 is 0 Å². The van der Waals surface area contributed by atoms with Gasteiger partial charge in [0, 0.05) is 25.6 Å². The first-order valence-electron chi connectivity index (χ1n) is 9.00. The highest BCUT2D eigenvalue weighted by Crippen LogP contribution is 2.38. The third kappa shape index (κ3) is 2.68. The first-order chi connectivity index (χ1) is 13.6. The number of aryl methyl sites for hydroxylation is 1. The second kappa shape index (κ2) is 6.49. The highest BCUT2D eigenvalue weighted by molar-refractivity contribution is 6.31. The lowest BCUT2D eigenvalue weighted by molar-refractivity contribution is 0.0708. The van der Waals surface area contributed by atoms with E-state index in [1.807, 2.05) is 54.4 Å². The molecule has 0 radical (unpaired) electrons. The standard InChI is InChI=1S/C21H17ClN4O2/c1-25-19(16(22)10-24-25)9-18-14-4-2-3-5-15(14)21(27)26(18)11-13-6-7-20-17(8-13)23-12-28-20/h2-8,10,12,18H,9,11H2,1H3. The molecule has 5 rings (SSSR count). The third-order valence-corrected chi connectivity index (χ3v) is 5.65. The maximum Gasteiger partial charge on any atom is 0.255 e. The maximum atomic E-state index is 13.2. The first kappa shape index (κ1) is 17.0. The van der Waals surface area contributed by atoms with Gasteiger partial charge in [-0.25, -0.2) is 4.98 Å². The minimum atomic E-state index is -0.107. The van der Waals surface area contributed by atoms with Crippen LogP contribution in [0.5, 0.6) is 0 Å². The van der Waals surface area contributed by atoms with E-state index < -0.39 is 0 Å². The molecular formula is C21H17ClN4O2. The Balaban J connectivity index is 1.53. The number of nitrogens with zero attached hydrogens (tertiary/aromatic N) is 4. The van der Waals surface area contributed by atoms with Crippen molar-refractivity contribution in [1.29, 1.82) is 0 Å². The molecule has 6 nitrogen and oxygen atoms in total. The molecule has 3 heterocycles. The highest BCUT2D eigenvalue weighted by Gasteiger charge is 2.37. The SMILES string of the molecule is Cn1ncc(Cl)c1CC1c2ccccc2C(=O)N1Cc1ccc2ocnc2c1. The molecule has 28 heavy (non-hydrogen) atoms. The summed E-state index contributed by atoms with van der Waals surface area (Å²) in [4.78, 5) is 19.3. The van der Waals surface area contributed by atoms with Crippen LogP contribution in [0.1, 0.15) is 33.2 Å². The Morgan fingerprint density at radius 2 is 2.07 bits per heavy atom. The van der Waals surface area contributed by atoms with Crippen molar-refractivity contribution in [3.8, 4) is 0 Å². The summed E-state index contributed by atoms with van der Waals surface area (Å²) < 4.78 is 7.09. The van der Waals surface area contributed by atoms with Crippen molar-refractivity contribution in [2.24, 2.45) is 7.05 Å². The van der Waals surface area contributed by atoms with Crippen molar-refractivity contribution >= 4 is 28.6 Å². The summed E-state index contributed by atoms with van der Waals surface area (Å²) in [6, 6.07) is 13.5. The number of carbonyl (C=O) groups is 1. The van der Waals surface area contributed by atoms with Gasteiger partial charge in [0.1, 0.15) is 5.52 Å². The molecule has 0 saturated carbocycles. The van der Waals surface area contributed by atoms with Crippen molar-refractivity contribution in [2.45, 2.75) is 19.0 Å². The molecule has 1 unspecified atom stereocenters. The van der Waals surface area contributed by atoms with E-state index in [9.17, 15) is 4.79 Å². The van der Waals surface area contributed by atoms with E-state index in [-0.39, 0.29) is 11.9 Å². The summed E-state index contributed by atoms with van der Waals surface area (Å²) in [6.07, 6.45) is 3.67. The van der Waals surface area contributed by atoms with Gasteiger partial charge in [-0.15, -0.1) is 0 Å². The van der Waals surface area contributed by atoms with Gasteiger partial charge in [0.2, 0.25) is 0 Å². The number of hydrogen-bond donors (Lipinski definition) is 0. The molecule has 1 amide bonds. The topological polar surface area (TPSA) is 64.2 Å².